The zero-order chi connectivity index (χ0) is 13.4. The van der Waals surface area contributed by atoms with Gasteiger partial charge in [0.15, 0.2) is 0 Å². The van der Waals surface area contributed by atoms with Crippen molar-refractivity contribution < 1.29 is 4.39 Å². The summed E-state index contributed by atoms with van der Waals surface area (Å²) >= 11 is 6.10. The molecule has 0 aliphatic heterocycles. The van der Waals surface area contributed by atoms with E-state index in [0.717, 1.165) is 29.7 Å². The first-order valence-corrected chi connectivity index (χ1v) is 7.69. The minimum Gasteiger partial charge on any atom is -0.327 e. The van der Waals surface area contributed by atoms with Crippen LogP contribution in [-0.2, 0) is 6.42 Å². The van der Waals surface area contributed by atoms with Crippen LogP contribution in [-0.4, -0.2) is 6.04 Å². The fourth-order valence-electron chi connectivity index (χ4n) is 4.12. The Labute approximate surface area is 119 Å². The third-order valence-electron chi connectivity index (χ3n) is 4.98. The third kappa shape index (κ3) is 2.95. The number of hydrogen-bond acceptors (Lipinski definition) is 1. The van der Waals surface area contributed by atoms with Crippen molar-refractivity contribution in [3.63, 3.8) is 0 Å². The summed E-state index contributed by atoms with van der Waals surface area (Å²) < 4.78 is 13.2. The Hall–Kier alpha value is -0.600. The van der Waals surface area contributed by atoms with E-state index in [1.807, 2.05) is 0 Å². The summed E-state index contributed by atoms with van der Waals surface area (Å²) in [7, 11) is 0. The molecular formula is C16H21ClFN. The molecule has 0 aromatic heterocycles. The van der Waals surface area contributed by atoms with Crippen LogP contribution in [0.1, 0.15) is 37.7 Å². The highest BCUT2D eigenvalue weighted by Gasteiger charge is 2.39. The zero-order valence-electron chi connectivity index (χ0n) is 11.1. The molecule has 0 radical (unpaired) electrons. The fraction of sp³-hybridized carbons (Fsp3) is 0.625. The van der Waals surface area contributed by atoms with Crippen LogP contribution in [0.3, 0.4) is 0 Å². The van der Waals surface area contributed by atoms with Gasteiger partial charge >= 0.3 is 0 Å². The molecule has 2 fully saturated rings. The van der Waals surface area contributed by atoms with Crippen LogP contribution in [0, 0.1) is 23.6 Å². The maximum atomic E-state index is 13.2. The predicted molar refractivity (Wildman–Crippen MR) is 76.6 cm³/mol. The summed E-state index contributed by atoms with van der Waals surface area (Å²) in [5.41, 5.74) is 7.10. The standard InChI is InChI=1S/C16H21ClFN/c17-16-4-3-14(18)7-13(16)9-15(19)8-12-6-10-1-2-11(12)5-10/h3-4,7,10-12,15H,1-2,5-6,8-9,19H2. The SMILES string of the molecule is NC(Cc1cc(F)ccc1Cl)CC1CC2CCC1C2. The number of nitrogens with two attached hydrogens (primary N) is 1. The third-order valence-corrected chi connectivity index (χ3v) is 5.35. The van der Waals surface area contributed by atoms with Crippen LogP contribution < -0.4 is 5.73 Å². The largest absolute Gasteiger partial charge is 0.327 e. The number of hydrogen-bond donors (Lipinski definition) is 1. The fourth-order valence-corrected chi connectivity index (χ4v) is 4.31. The van der Waals surface area contributed by atoms with E-state index in [-0.39, 0.29) is 11.9 Å². The van der Waals surface area contributed by atoms with Gasteiger partial charge < -0.3 is 5.73 Å². The minimum absolute atomic E-state index is 0.101. The molecular weight excluding hydrogens is 261 g/mol. The van der Waals surface area contributed by atoms with E-state index >= 15 is 0 Å². The first-order valence-electron chi connectivity index (χ1n) is 7.31. The Bertz CT molecular complexity index is 462. The average Bonchev–Trinajstić information content (AvgIpc) is 2.96. The van der Waals surface area contributed by atoms with E-state index in [1.165, 1.54) is 37.8 Å². The van der Waals surface area contributed by atoms with Crippen LogP contribution in [0.5, 0.6) is 0 Å². The van der Waals surface area contributed by atoms with Crippen molar-refractivity contribution in [2.24, 2.45) is 23.5 Å². The number of fused-ring (bicyclic) bond motifs is 2. The van der Waals surface area contributed by atoms with Crippen LogP contribution in [0.4, 0.5) is 4.39 Å². The van der Waals surface area contributed by atoms with Crippen molar-refractivity contribution in [2.45, 2.75) is 44.6 Å². The van der Waals surface area contributed by atoms with E-state index in [2.05, 4.69) is 0 Å². The maximum Gasteiger partial charge on any atom is 0.123 e. The predicted octanol–water partition coefficient (Wildman–Crippen LogP) is 4.18. The van der Waals surface area contributed by atoms with Crippen LogP contribution in [0.2, 0.25) is 5.02 Å². The van der Waals surface area contributed by atoms with Crippen molar-refractivity contribution in [1.29, 1.82) is 0 Å². The molecule has 3 rings (SSSR count). The number of rotatable bonds is 4. The van der Waals surface area contributed by atoms with E-state index in [4.69, 9.17) is 17.3 Å². The van der Waals surface area contributed by atoms with E-state index in [0.29, 0.717) is 11.4 Å². The van der Waals surface area contributed by atoms with Gasteiger partial charge in [-0.2, -0.15) is 0 Å². The Morgan fingerprint density at radius 3 is 2.84 bits per heavy atom. The molecule has 1 aromatic rings. The molecule has 4 atom stereocenters. The number of benzene rings is 1. The van der Waals surface area contributed by atoms with Crippen molar-refractivity contribution in [2.75, 3.05) is 0 Å². The lowest BCUT2D eigenvalue weighted by molar-refractivity contribution is 0.294. The van der Waals surface area contributed by atoms with Crippen LogP contribution >= 0.6 is 11.6 Å². The topological polar surface area (TPSA) is 26.0 Å². The monoisotopic (exact) mass is 281 g/mol. The van der Waals surface area contributed by atoms with Crippen molar-refractivity contribution in [3.05, 3.63) is 34.6 Å². The summed E-state index contributed by atoms with van der Waals surface area (Å²) in [6.07, 6.45) is 7.33. The highest BCUT2D eigenvalue weighted by molar-refractivity contribution is 6.31. The van der Waals surface area contributed by atoms with E-state index in [1.54, 1.807) is 6.07 Å². The summed E-state index contributed by atoms with van der Waals surface area (Å²) in [6, 6.07) is 4.64. The summed E-state index contributed by atoms with van der Waals surface area (Å²) in [6.45, 7) is 0. The van der Waals surface area contributed by atoms with Gasteiger partial charge in [-0.3, -0.25) is 0 Å². The molecule has 3 heteroatoms. The molecule has 2 bridgehead atoms. The minimum atomic E-state index is -0.230. The molecule has 104 valence electrons. The summed E-state index contributed by atoms with van der Waals surface area (Å²) in [5.74, 6) is 2.42. The molecule has 1 aromatic carbocycles. The summed E-state index contributed by atoms with van der Waals surface area (Å²) in [5, 5.41) is 0.629. The van der Waals surface area contributed by atoms with Crippen molar-refractivity contribution in [1.82, 2.24) is 0 Å². The van der Waals surface area contributed by atoms with Crippen molar-refractivity contribution in [3.8, 4) is 0 Å². The highest BCUT2D eigenvalue weighted by Crippen LogP contribution is 2.49. The van der Waals surface area contributed by atoms with Gasteiger partial charge in [0, 0.05) is 11.1 Å². The van der Waals surface area contributed by atoms with Gasteiger partial charge in [0.2, 0.25) is 0 Å². The lowest BCUT2D eigenvalue weighted by atomic mass is 9.83. The molecule has 1 nitrogen and oxygen atoms in total. The quantitative estimate of drug-likeness (QED) is 0.880. The first kappa shape index (κ1) is 13.4. The smallest absolute Gasteiger partial charge is 0.123 e. The summed E-state index contributed by atoms with van der Waals surface area (Å²) in [4.78, 5) is 0. The van der Waals surface area contributed by atoms with Gasteiger partial charge in [-0.1, -0.05) is 18.0 Å². The van der Waals surface area contributed by atoms with Crippen molar-refractivity contribution >= 4 is 11.6 Å². The van der Waals surface area contributed by atoms with E-state index in [9.17, 15) is 4.39 Å². The molecule has 2 saturated carbocycles. The molecule has 2 aliphatic carbocycles. The molecule has 0 spiro atoms. The normalized spacial score (nSPS) is 30.8. The second kappa shape index (κ2) is 5.41. The van der Waals surface area contributed by atoms with Crippen LogP contribution in [0.25, 0.3) is 0 Å². The lowest BCUT2D eigenvalue weighted by Gasteiger charge is -2.25. The van der Waals surface area contributed by atoms with Gasteiger partial charge in [0.1, 0.15) is 5.82 Å². The molecule has 2 aliphatic rings. The Morgan fingerprint density at radius 2 is 2.16 bits per heavy atom. The Kier molecular flexibility index (Phi) is 3.81. The average molecular weight is 282 g/mol. The van der Waals surface area contributed by atoms with Gasteiger partial charge in [0.25, 0.3) is 0 Å². The van der Waals surface area contributed by atoms with Gasteiger partial charge in [-0.05, 0) is 73.6 Å². The van der Waals surface area contributed by atoms with Gasteiger partial charge in [0.05, 0.1) is 0 Å². The zero-order valence-corrected chi connectivity index (χ0v) is 11.9. The van der Waals surface area contributed by atoms with Gasteiger partial charge in [-0.15, -0.1) is 0 Å². The van der Waals surface area contributed by atoms with Crippen LogP contribution in [0.15, 0.2) is 18.2 Å². The highest BCUT2D eigenvalue weighted by atomic mass is 35.5. The lowest BCUT2D eigenvalue weighted by Crippen LogP contribution is -2.28. The number of halogens is 2. The first-order chi connectivity index (χ1) is 9.11. The second-order valence-electron chi connectivity index (χ2n) is 6.37. The maximum absolute atomic E-state index is 13.2. The second-order valence-corrected chi connectivity index (χ2v) is 6.78. The molecule has 0 heterocycles. The Balaban J connectivity index is 1.59. The van der Waals surface area contributed by atoms with E-state index < -0.39 is 0 Å². The Morgan fingerprint density at radius 1 is 1.32 bits per heavy atom. The molecule has 4 unspecified atom stereocenters. The molecule has 19 heavy (non-hydrogen) atoms. The molecule has 2 N–H and O–H groups in total. The van der Waals surface area contributed by atoms with Gasteiger partial charge in [-0.25, -0.2) is 4.39 Å². The molecule has 0 amide bonds. The molecule has 0 saturated heterocycles.